The second-order valence-corrected chi connectivity index (χ2v) is 12.1. The lowest BCUT2D eigenvalue weighted by molar-refractivity contribution is -0.150. The molecule has 184 valence electrons. The Balaban J connectivity index is 1.40. The van der Waals surface area contributed by atoms with E-state index in [4.69, 9.17) is 11.6 Å². The molecule has 2 aliphatic rings. The number of halogens is 1. The highest BCUT2D eigenvalue weighted by molar-refractivity contribution is 8.00. The summed E-state index contributed by atoms with van der Waals surface area (Å²) in [7, 11) is -3.75. The molecular formula is C22H20ClN3O6S3. The first-order valence-corrected chi connectivity index (χ1v) is 14.1. The van der Waals surface area contributed by atoms with Crippen LogP contribution in [0.1, 0.15) is 5.56 Å². The first-order chi connectivity index (χ1) is 16.7. The van der Waals surface area contributed by atoms with Crippen LogP contribution in [-0.4, -0.2) is 59.9 Å². The molecule has 3 heterocycles. The molecule has 1 fully saturated rings. The van der Waals surface area contributed by atoms with Crippen molar-refractivity contribution in [2.45, 2.75) is 22.7 Å². The minimum Gasteiger partial charge on any atom is -0.477 e. The highest BCUT2D eigenvalue weighted by atomic mass is 35.5. The molecule has 1 aromatic carbocycles. The maximum absolute atomic E-state index is 12.7. The zero-order valence-electron chi connectivity index (χ0n) is 18.0. The van der Waals surface area contributed by atoms with Crippen LogP contribution in [0, 0.1) is 0 Å². The zero-order valence-corrected chi connectivity index (χ0v) is 21.2. The molecular weight excluding hydrogens is 534 g/mol. The van der Waals surface area contributed by atoms with Crippen LogP contribution in [0.15, 0.2) is 70.1 Å². The molecule has 2 atom stereocenters. The minimum atomic E-state index is -3.75. The number of benzene rings is 1. The predicted octanol–water partition coefficient (Wildman–Crippen LogP) is 2.22. The lowest BCUT2D eigenvalue weighted by Crippen LogP contribution is -2.70. The largest absolute Gasteiger partial charge is 0.477 e. The number of hydrogen-bond donors (Lipinski definition) is 3. The van der Waals surface area contributed by atoms with Gasteiger partial charge in [0.25, 0.3) is 5.91 Å². The normalized spacial score (nSPS) is 20.0. The van der Waals surface area contributed by atoms with E-state index < -0.39 is 33.3 Å². The number of carboxylic acids is 1. The number of aliphatic carboxylic acids is 1. The van der Waals surface area contributed by atoms with E-state index in [1.807, 2.05) is 30.3 Å². The van der Waals surface area contributed by atoms with Gasteiger partial charge < -0.3 is 10.4 Å². The summed E-state index contributed by atoms with van der Waals surface area (Å²) in [5, 5.41) is 13.3. The number of nitrogens with zero attached hydrogens (tertiary/aromatic N) is 1. The minimum absolute atomic E-state index is 0.0499. The van der Waals surface area contributed by atoms with Gasteiger partial charge in [-0.2, -0.15) is 0 Å². The average molecular weight is 554 g/mol. The van der Waals surface area contributed by atoms with E-state index in [0.29, 0.717) is 9.91 Å². The van der Waals surface area contributed by atoms with E-state index in [2.05, 4.69) is 10.0 Å². The average Bonchev–Trinajstić information content (AvgIpc) is 3.27. The Hall–Kier alpha value is -2.64. The van der Waals surface area contributed by atoms with Gasteiger partial charge in [0.05, 0.1) is 15.7 Å². The topological polar surface area (TPSA) is 133 Å². The third-order valence-corrected chi connectivity index (χ3v) is 9.23. The van der Waals surface area contributed by atoms with Crippen molar-refractivity contribution in [2.75, 3.05) is 12.3 Å². The summed E-state index contributed by atoms with van der Waals surface area (Å²) in [5.41, 5.74) is 1.01. The molecule has 0 spiro atoms. The van der Waals surface area contributed by atoms with Crippen molar-refractivity contribution in [3.8, 4) is 0 Å². The smallest absolute Gasteiger partial charge is 0.352 e. The second-order valence-electron chi connectivity index (χ2n) is 7.64. The summed E-state index contributed by atoms with van der Waals surface area (Å²) in [5.74, 6) is -1.81. The molecule has 3 N–H and O–H groups in total. The third kappa shape index (κ3) is 5.62. The van der Waals surface area contributed by atoms with Crippen molar-refractivity contribution in [3.05, 3.63) is 75.1 Å². The molecule has 0 aliphatic carbocycles. The predicted molar refractivity (Wildman–Crippen MR) is 133 cm³/mol. The molecule has 2 aliphatic heterocycles. The molecule has 4 rings (SSSR count). The van der Waals surface area contributed by atoms with Crippen molar-refractivity contribution < 1.29 is 27.9 Å². The van der Waals surface area contributed by atoms with Crippen molar-refractivity contribution >= 4 is 62.5 Å². The first-order valence-electron chi connectivity index (χ1n) is 10.3. The Labute approximate surface area is 214 Å². The molecule has 0 saturated carbocycles. The third-order valence-electron chi connectivity index (χ3n) is 5.29. The molecule has 13 heteroatoms. The number of fused-ring (bicyclic) bond motifs is 1. The van der Waals surface area contributed by atoms with Crippen LogP contribution in [-0.2, 0) is 30.8 Å². The van der Waals surface area contributed by atoms with Crippen LogP contribution in [0.3, 0.4) is 0 Å². The van der Waals surface area contributed by atoms with Crippen LogP contribution in [0.5, 0.6) is 0 Å². The summed E-state index contributed by atoms with van der Waals surface area (Å²) in [6.45, 7) is -0.0770. The number of allylic oxidation sites excluding steroid dienone is 1. The summed E-state index contributed by atoms with van der Waals surface area (Å²) in [4.78, 5) is 38.3. The highest BCUT2D eigenvalue weighted by Crippen LogP contribution is 2.40. The number of nitrogens with one attached hydrogen (secondary N) is 2. The van der Waals surface area contributed by atoms with Gasteiger partial charge in [-0.3, -0.25) is 14.5 Å². The quantitative estimate of drug-likeness (QED) is 0.405. The van der Waals surface area contributed by atoms with E-state index in [1.54, 1.807) is 0 Å². The van der Waals surface area contributed by atoms with E-state index in [0.717, 1.165) is 16.9 Å². The van der Waals surface area contributed by atoms with Crippen LogP contribution < -0.4 is 10.0 Å². The molecule has 2 amide bonds. The number of amides is 2. The maximum Gasteiger partial charge on any atom is 0.352 e. The van der Waals surface area contributed by atoms with Crippen molar-refractivity contribution in [1.29, 1.82) is 0 Å². The van der Waals surface area contributed by atoms with Crippen LogP contribution >= 0.6 is 34.7 Å². The lowest BCUT2D eigenvalue weighted by atomic mass is 10.0. The van der Waals surface area contributed by atoms with Gasteiger partial charge in [0.15, 0.2) is 0 Å². The fourth-order valence-corrected chi connectivity index (χ4v) is 7.26. The van der Waals surface area contributed by atoms with E-state index in [-0.39, 0.29) is 35.2 Å². The number of carboxylic acid groups (broad SMARTS) is 1. The summed E-state index contributed by atoms with van der Waals surface area (Å²) >= 11 is 8.21. The van der Waals surface area contributed by atoms with Crippen molar-refractivity contribution in [1.82, 2.24) is 14.9 Å². The van der Waals surface area contributed by atoms with Gasteiger partial charge in [0, 0.05) is 17.7 Å². The van der Waals surface area contributed by atoms with Gasteiger partial charge in [-0.25, -0.2) is 17.9 Å². The van der Waals surface area contributed by atoms with Gasteiger partial charge in [-0.1, -0.05) is 54.1 Å². The van der Waals surface area contributed by atoms with E-state index in [1.165, 1.54) is 40.3 Å². The maximum atomic E-state index is 12.7. The number of thiophene rings is 1. The number of sulfonamides is 1. The molecule has 2 aromatic rings. The highest BCUT2D eigenvalue weighted by Gasteiger charge is 2.53. The summed E-state index contributed by atoms with van der Waals surface area (Å²) < 4.78 is 27.3. The Morgan fingerprint density at radius 3 is 2.66 bits per heavy atom. The Morgan fingerprint density at radius 2 is 2.00 bits per heavy atom. The van der Waals surface area contributed by atoms with Gasteiger partial charge in [0.1, 0.15) is 17.1 Å². The lowest BCUT2D eigenvalue weighted by Gasteiger charge is -2.49. The van der Waals surface area contributed by atoms with Gasteiger partial charge >= 0.3 is 5.97 Å². The Morgan fingerprint density at radius 1 is 1.26 bits per heavy atom. The number of carbonyl (C=O) groups excluding carboxylic acids is 2. The fourth-order valence-electron chi connectivity index (χ4n) is 3.65. The van der Waals surface area contributed by atoms with Crippen LogP contribution in [0.4, 0.5) is 0 Å². The first kappa shape index (κ1) is 25.5. The molecule has 1 aromatic heterocycles. The Bertz CT molecular complexity index is 1320. The number of hydrogen-bond acceptors (Lipinski definition) is 7. The van der Waals surface area contributed by atoms with Crippen LogP contribution in [0.25, 0.3) is 0 Å². The summed E-state index contributed by atoms with van der Waals surface area (Å²) in [6.07, 6.45) is 3.09. The zero-order chi connectivity index (χ0) is 25.2. The van der Waals surface area contributed by atoms with E-state index in [9.17, 15) is 27.9 Å². The second kappa shape index (κ2) is 10.5. The molecule has 0 radical (unpaired) electrons. The molecule has 1 saturated heterocycles. The monoisotopic (exact) mass is 553 g/mol. The molecule has 9 nitrogen and oxygen atoms in total. The van der Waals surface area contributed by atoms with Crippen LogP contribution in [0.2, 0.25) is 4.34 Å². The van der Waals surface area contributed by atoms with E-state index >= 15 is 0 Å². The molecule has 35 heavy (non-hydrogen) atoms. The van der Waals surface area contributed by atoms with Gasteiger partial charge in [0.2, 0.25) is 15.9 Å². The van der Waals surface area contributed by atoms with Crippen molar-refractivity contribution in [3.63, 3.8) is 0 Å². The standard InChI is InChI=1S/C22H20ClN3O6S3/c23-16-10-15(12-33-16)35(31,32)24-8-4-7-14-11-34-21-18(20(28)26(21)19(14)22(29)30)25-17(27)9-13-5-2-1-3-6-13/h1-7,10,12,18,21,24H,8-9,11H2,(H,25,27)(H,29,30)/b7-4+/t18-,21-/m1/s1. The van der Waals surface area contributed by atoms with Gasteiger partial charge in [-0.05, 0) is 17.2 Å². The number of thioether (sulfide) groups is 1. The number of rotatable bonds is 9. The number of carbonyl (C=O) groups is 3. The SMILES string of the molecule is O=C(Cc1ccccc1)N[C@@H]1C(=O)N2C(C(=O)O)=C(/C=C/CNS(=O)(=O)c3csc(Cl)c3)CS[C@H]12. The number of β-lactam (4-membered cyclic amide) rings is 1. The van der Waals surface area contributed by atoms with Gasteiger partial charge in [-0.15, -0.1) is 23.1 Å². The van der Waals surface area contributed by atoms with Crippen molar-refractivity contribution in [2.24, 2.45) is 0 Å². The molecule has 0 unspecified atom stereocenters. The summed E-state index contributed by atoms with van der Waals surface area (Å²) in [6, 6.07) is 9.63. The fraction of sp³-hybridized carbons (Fsp3) is 0.227. The Kier molecular flexibility index (Phi) is 7.67. The molecule has 0 bridgehead atoms.